The Morgan fingerprint density at radius 2 is 1.90 bits per heavy atom. The van der Waals surface area contributed by atoms with E-state index in [4.69, 9.17) is 14.2 Å². The quantitative estimate of drug-likeness (QED) is 0.193. The van der Waals surface area contributed by atoms with Crippen LogP contribution < -0.4 is 4.74 Å². The molecule has 30 heavy (non-hydrogen) atoms. The summed E-state index contributed by atoms with van der Waals surface area (Å²) in [6, 6.07) is 13.3. The summed E-state index contributed by atoms with van der Waals surface area (Å²) in [5.74, 6) is -1.99. The molecule has 7 nitrogen and oxygen atoms in total. The van der Waals surface area contributed by atoms with Crippen LogP contribution in [0.25, 0.3) is 10.8 Å². The van der Waals surface area contributed by atoms with E-state index in [0.717, 1.165) is 25.7 Å². The van der Waals surface area contributed by atoms with Gasteiger partial charge in [0.1, 0.15) is 23.7 Å². The zero-order valence-electron chi connectivity index (χ0n) is 16.1. The Labute approximate surface area is 186 Å². The normalized spacial score (nSPS) is 10.7. The van der Waals surface area contributed by atoms with Crippen LogP contribution in [0.2, 0.25) is 0 Å². The van der Waals surface area contributed by atoms with Crippen molar-refractivity contribution in [2.75, 3.05) is 13.4 Å². The summed E-state index contributed by atoms with van der Waals surface area (Å²) >= 11 is 2.21. The lowest BCUT2D eigenvalue weighted by Crippen LogP contribution is -2.12. The van der Waals surface area contributed by atoms with Gasteiger partial charge >= 0.3 is 11.9 Å². The second-order valence-electron chi connectivity index (χ2n) is 6.27. The van der Waals surface area contributed by atoms with E-state index in [1.165, 1.54) is 18.2 Å². The molecule has 0 fully saturated rings. The number of rotatable bonds is 8. The molecule has 0 saturated heterocycles. The number of benzene rings is 3. The number of carbonyl (C=O) groups is 2. The average molecular weight is 522 g/mol. The number of hydrogen-bond donors (Lipinski definition) is 2. The van der Waals surface area contributed by atoms with E-state index in [1.54, 1.807) is 0 Å². The molecule has 0 radical (unpaired) electrons. The van der Waals surface area contributed by atoms with Gasteiger partial charge in [0.15, 0.2) is 6.79 Å². The second-order valence-corrected chi connectivity index (χ2v) is 7.35. The fraction of sp³-hybridized carbons (Fsp3) is 0.182. The number of aromatic carboxylic acids is 1. The molecule has 8 heteroatoms. The van der Waals surface area contributed by atoms with E-state index in [2.05, 4.69) is 22.6 Å². The number of carbonyl (C=O) groups excluding carboxylic acids is 1. The standard InChI is InChI=1S/C22H19IO7/c1-2-28-12-30-18-9-7-14-10-13(6-8-15(14)20(18)23)11-29-22(27)16-4-3-5-17(24)19(16)21(25)26/h3-10,24H,2,11-12H2,1H3,(H,25,26). The summed E-state index contributed by atoms with van der Waals surface area (Å²) in [7, 11) is 0. The van der Waals surface area contributed by atoms with Crippen molar-refractivity contribution in [3.8, 4) is 11.5 Å². The van der Waals surface area contributed by atoms with Gasteiger partial charge in [0.05, 0.1) is 9.13 Å². The number of carboxylic acid groups (broad SMARTS) is 1. The molecule has 0 aliphatic rings. The van der Waals surface area contributed by atoms with Crippen molar-refractivity contribution in [1.82, 2.24) is 0 Å². The molecule has 0 unspecified atom stereocenters. The summed E-state index contributed by atoms with van der Waals surface area (Å²) in [6.45, 7) is 2.61. The van der Waals surface area contributed by atoms with Gasteiger partial charge in [0, 0.05) is 6.61 Å². The number of halogens is 1. The third-order valence-electron chi connectivity index (χ3n) is 4.33. The minimum Gasteiger partial charge on any atom is -0.507 e. The number of ether oxygens (including phenoxy) is 3. The van der Waals surface area contributed by atoms with E-state index in [9.17, 15) is 19.8 Å². The van der Waals surface area contributed by atoms with E-state index < -0.39 is 23.3 Å². The van der Waals surface area contributed by atoms with Crippen LogP contribution in [-0.4, -0.2) is 35.6 Å². The highest BCUT2D eigenvalue weighted by Crippen LogP contribution is 2.30. The van der Waals surface area contributed by atoms with Crippen molar-refractivity contribution >= 4 is 45.3 Å². The molecule has 0 aromatic heterocycles. The highest BCUT2D eigenvalue weighted by molar-refractivity contribution is 14.1. The van der Waals surface area contributed by atoms with E-state index in [0.29, 0.717) is 6.61 Å². The van der Waals surface area contributed by atoms with Gasteiger partial charge in [-0.25, -0.2) is 9.59 Å². The number of aromatic hydroxyl groups is 1. The van der Waals surface area contributed by atoms with Gasteiger partial charge < -0.3 is 24.4 Å². The van der Waals surface area contributed by atoms with Gasteiger partial charge in [-0.15, -0.1) is 0 Å². The first kappa shape index (κ1) is 21.8. The van der Waals surface area contributed by atoms with Crippen molar-refractivity contribution in [3.05, 3.63) is 68.8 Å². The highest BCUT2D eigenvalue weighted by Gasteiger charge is 2.21. The fourth-order valence-corrected chi connectivity index (χ4v) is 3.70. The smallest absolute Gasteiger partial charge is 0.340 e. The first-order valence-electron chi connectivity index (χ1n) is 9.06. The van der Waals surface area contributed by atoms with E-state index >= 15 is 0 Å². The van der Waals surface area contributed by atoms with Crippen LogP contribution in [0.15, 0.2) is 48.5 Å². The monoisotopic (exact) mass is 522 g/mol. The summed E-state index contributed by atoms with van der Waals surface area (Å²) in [6.07, 6.45) is 0. The van der Waals surface area contributed by atoms with Crippen molar-refractivity contribution in [2.45, 2.75) is 13.5 Å². The molecule has 0 heterocycles. The molecule has 0 aliphatic carbocycles. The van der Waals surface area contributed by atoms with Gasteiger partial charge in [-0.2, -0.15) is 0 Å². The first-order chi connectivity index (χ1) is 14.4. The molecule has 0 aliphatic heterocycles. The molecule has 0 amide bonds. The molecular formula is C22H19IO7. The largest absolute Gasteiger partial charge is 0.507 e. The Kier molecular flexibility index (Phi) is 7.11. The third-order valence-corrected chi connectivity index (χ3v) is 5.44. The molecular weight excluding hydrogens is 503 g/mol. The minimum atomic E-state index is -1.40. The molecule has 3 aromatic carbocycles. The molecule has 0 saturated carbocycles. The molecule has 2 N–H and O–H groups in total. The van der Waals surface area contributed by atoms with E-state index in [-0.39, 0.29) is 19.0 Å². The SMILES string of the molecule is CCOCOc1ccc2cc(COC(=O)c3cccc(O)c3C(=O)O)ccc2c1I. The highest BCUT2D eigenvalue weighted by atomic mass is 127. The zero-order valence-corrected chi connectivity index (χ0v) is 18.2. The maximum absolute atomic E-state index is 12.4. The molecule has 0 bridgehead atoms. The zero-order chi connectivity index (χ0) is 21.7. The Morgan fingerprint density at radius 3 is 2.63 bits per heavy atom. The summed E-state index contributed by atoms with van der Waals surface area (Å²) in [4.78, 5) is 23.7. The van der Waals surface area contributed by atoms with Gasteiger partial charge in [-0.1, -0.05) is 24.3 Å². The number of esters is 1. The Balaban J connectivity index is 1.76. The van der Waals surface area contributed by atoms with Gasteiger partial charge in [-0.3, -0.25) is 0 Å². The number of fused-ring (bicyclic) bond motifs is 1. The van der Waals surface area contributed by atoms with Gasteiger partial charge in [-0.05, 0) is 70.1 Å². The first-order valence-corrected chi connectivity index (χ1v) is 10.1. The lowest BCUT2D eigenvalue weighted by atomic mass is 10.1. The maximum Gasteiger partial charge on any atom is 0.340 e. The number of phenols is 1. The second kappa shape index (κ2) is 9.77. The number of carboxylic acids is 1. The Bertz CT molecular complexity index is 1090. The minimum absolute atomic E-state index is 0.0390. The lowest BCUT2D eigenvalue weighted by Gasteiger charge is -2.12. The average Bonchev–Trinajstić information content (AvgIpc) is 2.73. The van der Waals surface area contributed by atoms with Crippen molar-refractivity contribution in [3.63, 3.8) is 0 Å². The van der Waals surface area contributed by atoms with Crippen molar-refractivity contribution in [1.29, 1.82) is 0 Å². The topological polar surface area (TPSA) is 102 Å². The van der Waals surface area contributed by atoms with Crippen LogP contribution in [0.3, 0.4) is 0 Å². The molecule has 3 aromatic rings. The van der Waals surface area contributed by atoms with Crippen LogP contribution >= 0.6 is 22.6 Å². The van der Waals surface area contributed by atoms with Gasteiger partial charge in [0.2, 0.25) is 0 Å². The van der Waals surface area contributed by atoms with Crippen LogP contribution in [0, 0.1) is 3.57 Å². The third kappa shape index (κ3) is 4.82. The molecule has 0 spiro atoms. The summed E-state index contributed by atoms with van der Waals surface area (Å²) in [5.41, 5.74) is 0.0655. The predicted octanol–water partition coefficient (Wildman–Crippen LogP) is 4.58. The number of hydrogen-bond acceptors (Lipinski definition) is 6. The molecule has 0 atom stereocenters. The van der Waals surface area contributed by atoms with Crippen molar-refractivity contribution < 1.29 is 34.0 Å². The molecule has 3 rings (SSSR count). The molecule has 156 valence electrons. The van der Waals surface area contributed by atoms with Gasteiger partial charge in [0.25, 0.3) is 0 Å². The van der Waals surface area contributed by atoms with Crippen LogP contribution in [-0.2, 0) is 16.1 Å². The van der Waals surface area contributed by atoms with E-state index in [1.807, 2.05) is 37.3 Å². The Hall–Kier alpha value is -2.85. The predicted molar refractivity (Wildman–Crippen MR) is 118 cm³/mol. The maximum atomic E-state index is 12.4. The summed E-state index contributed by atoms with van der Waals surface area (Å²) < 4.78 is 17.1. The van der Waals surface area contributed by atoms with Crippen LogP contribution in [0.1, 0.15) is 33.2 Å². The fourth-order valence-electron chi connectivity index (χ4n) is 2.87. The summed E-state index contributed by atoms with van der Waals surface area (Å²) in [5, 5.41) is 20.9. The Morgan fingerprint density at radius 1 is 1.10 bits per heavy atom. The van der Waals surface area contributed by atoms with Crippen LogP contribution in [0.5, 0.6) is 11.5 Å². The van der Waals surface area contributed by atoms with Crippen molar-refractivity contribution in [2.24, 2.45) is 0 Å². The lowest BCUT2D eigenvalue weighted by molar-refractivity contribution is 0.0220. The van der Waals surface area contributed by atoms with Crippen LogP contribution in [0.4, 0.5) is 0 Å².